The number of rotatable bonds is 9. The molecule has 0 saturated carbocycles. The lowest BCUT2D eigenvalue weighted by Crippen LogP contribution is -3.11. The summed E-state index contributed by atoms with van der Waals surface area (Å²) in [6, 6.07) is 11.2. The van der Waals surface area contributed by atoms with E-state index in [4.69, 9.17) is 14.2 Å². The predicted molar refractivity (Wildman–Crippen MR) is 128 cm³/mol. The van der Waals surface area contributed by atoms with Crippen molar-refractivity contribution in [3.8, 4) is 17.2 Å². The molecule has 0 aliphatic carbocycles. The summed E-state index contributed by atoms with van der Waals surface area (Å²) in [5.41, 5.74) is 0.950. The van der Waals surface area contributed by atoms with Gasteiger partial charge in [0.15, 0.2) is 11.5 Å². The van der Waals surface area contributed by atoms with E-state index in [0.717, 1.165) is 26.1 Å². The Morgan fingerprint density at radius 3 is 2.40 bits per heavy atom. The highest BCUT2D eigenvalue weighted by Crippen LogP contribution is 2.40. The average Bonchev–Trinajstić information content (AvgIpc) is 3.15. The van der Waals surface area contributed by atoms with Crippen molar-refractivity contribution in [1.82, 2.24) is 4.90 Å². The Morgan fingerprint density at radius 1 is 1.06 bits per heavy atom. The van der Waals surface area contributed by atoms with Crippen molar-refractivity contribution in [2.24, 2.45) is 0 Å². The number of ether oxygens (including phenoxy) is 3. The summed E-state index contributed by atoms with van der Waals surface area (Å²) in [4.78, 5) is 29.3. The highest BCUT2D eigenvalue weighted by molar-refractivity contribution is 6.46. The molecule has 0 spiro atoms. The number of Topliss-reactive ketones (excluding diaryl/α,β-unsaturated/α-hetero) is 1. The lowest BCUT2D eigenvalue weighted by atomic mass is 9.95. The summed E-state index contributed by atoms with van der Waals surface area (Å²) in [5, 5.41) is 13.7. The topological polar surface area (TPSA) is 92.6 Å². The van der Waals surface area contributed by atoms with Crippen LogP contribution in [-0.2, 0) is 9.59 Å². The number of ketones is 1. The van der Waals surface area contributed by atoms with Crippen LogP contribution < -0.4 is 24.2 Å². The number of quaternary nitrogens is 1. The van der Waals surface area contributed by atoms with Gasteiger partial charge >= 0.3 is 0 Å². The average molecular weight is 481 g/mol. The van der Waals surface area contributed by atoms with Crippen LogP contribution in [0.5, 0.6) is 17.2 Å². The number of amides is 1. The normalized spacial score (nSPS) is 18.9. The molecule has 1 unspecified atom stereocenters. The molecular weight excluding hydrogens is 448 g/mol. The molecule has 0 radical (unpaired) electrons. The number of carbonyl (C=O) groups is 2. The van der Waals surface area contributed by atoms with E-state index >= 15 is 0 Å². The quantitative estimate of drug-likeness (QED) is 0.327. The van der Waals surface area contributed by atoms with E-state index in [1.807, 2.05) is 0 Å². The summed E-state index contributed by atoms with van der Waals surface area (Å²) >= 11 is 0. The van der Waals surface area contributed by atoms with Gasteiger partial charge in [-0.2, -0.15) is 0 Å². The van der Waals surface area contributed by atoms with Gasteiger partial charge < -0.3 is 29.1 Å². The first-order chi connectivity index (χ1) is 17.0. The van der Waals surface area contributed by atoms with Crippen molar-refractivity contribution in [2.75, 3.05) is 46.5 Å². The molecule has 2 aliphatic rings. The summed E-state index contributed by atoms with van der Waals surface area (Å²) < 4.78 is 16.4. The van der Waals surface area contributed by atoms with E-state index in [1.165, 1.54) is 4.90 Å². The van der Waals surface area contributed by atoms with Crippen LogP contribution in [0.2, 0.25) is 0 Å². The molecule has 2 aliphatic heterocycles. The largest absolute Gasteiger partial charge is 0.872 e. The maximum absolute atomic E-state index is 13.7. The number of benzene rings is 2. The molecule has 4 rings (SSSR count). The smallest absolute Gasteiger partial charge is 0.295 e. The molecule has 1 N–H and O–H groups in total. The van der Waals surface area contributed by atoms with Crippen LogP contribution in [0.15, 0.2) is 48.0 Å². The second kappa shape index (κ2) is 10.8. The number of nitrogens with zero attached hydrogens (tertiary/aromatic N) is 1. The Labute approximate surface area is 205 Å². The van der Waals surface area contributed by atoms with E-state index in [0.29, 0.717) is 48.1 Å². The molecule has 8 nitrogen and oxygen atoms in total. The minimum atomic E-state index is -0.756. The van der Waals surface area contributed by atoms with Gasteiger partial charge in [-0.05, 0) is 49.2 Å². The highest BCUT2D eigenvalue weighted by atomic mass is 16.6. The van der Waals surface area contributed by atoms with E-state index < -0.39 is 23.5 Å². The van der Waals surface area contributed by atoms with Crippen LogP contribution in [0.4, 0.5) is 0 Å². The summed E-state index contributed by atoms with van der Waals surface area (Å²) in [7, 11) is 1.57. The SMILES string of the molecule is CC[NH+](CC)CCCN1C(=O)C(=O)C(=C([O-])c2ccc3c(c2)OCCO3)C1c1ccc(OC)cc1. The van der Waals surface area contributed by atoms with E-state index in [2.05, 4.69) is 13.8 Å². The monoisotopic (exact) mass is 480 g/mol. The first-order valence-corrected chi connectivity index (χ1v) is 12.1. The fourth-order valence-corrected chi connectivity index (χ4v) is 4.68. The number of hydrogen-bond acceptors (Lipinski definition) is 6. The molecule has 0 aromatic heterocycles. The highest BCUT2D eigenvalue weighted by Gasteiger charge is 2.44. The van der Waals surface area contributed by atoms with Crippen LogP contribution in [0.3, 0.4) is 0 Å². The molecule has 0 bridgehead atoms. The van der Waals surface area contributed by atoms with Crippen molar-refractivity contribution in [1.29, 1.82) is 0 Å². The van der Waals surface area contributed by atoms with Crippen LogP contribution in [0.1, 0.15) is 37.4 Å². The predicted octanol–water partition coefficient (Wildman–Crippen LogP) is 1.01. The Bertz CT molecular complexity index is 1110. The number of carbonyl (C=O) groups excluding carboxylic acids is 2. The molecule has 8 heteroatoms. The van der Waals surface area contributed by atoms with Crippen molar-refractivity contribution in [3.63, 3.8) is 0 Å². The zero-order chi connectivity index (χ0) is 24.9. The third kappa shape index (κ3) is 4.98. The van der Waals surface area contributed by atoms with Crippen molar-refractivity contribution < 1.29 is 33.8 Å². The molecule has 2 aromatic carbocycles. The Balaban J connectivity index is 1.73. The molecule has 1 fully saturated rings. The zero-order valence-corrected chi connectivity index (χ0v) is 20.5. The first-order valence-electron chi connectivity index (χ1n) is 12.1. The Kier molecular flexibility index (Phi) is 7.60. The molecule has 1 amide bonds. The van der Waals surface area contributed by atoms with Crippen LogP contribution in [-0.4, -0.2) is 63.1 Å². The maximum Gasteiger partial charge on any atom is 0.295 e. The summed E-state index contributed by atoms with van der Waals surface area (Å²) in [5.74, 6) is -0.195. The van der Waals surface area contributed by atoms with Gasteiger partial charge in [0, 0.05) is 18.5 Å². The fraction of sp³-hybridized carbons (Fsp3) is 0.407. The van der Waals surface area contributed by atoms with E-state index in [1.54, 1.807) is 54.5 Å². The lowest BCUT2D eigenvalue weighted by Gasteiger charge is -2.28. The van der Waals surface area contributed by atoms with Gasteiger partial charge in [0.2, 0.25) is 5.78 Å². The van der Waals surface area contributed by atoms with Gasteiger partial charge in [0.25, 0.3) is 5.91 Å². The van der Waals surface area contributed by atoms with Gasteiger partial charge in [-0.3, -0.25) is 9.59 Å². The van der Waals surface area contributed by atoms with E-state index in [9.17, 15) is 14.7 Å². The standard InChI is InChI=1S/C27H32N2O6/c1-4-28(5-2)13-6-14-29-24(18-7-10-20(33-3)11-8-18)23(26(31)27(29)32)25(30)19-9-12-21-22(17-19)35-16-15-34-21/h7-12,17,24,30H,4-6,13-16H2,1-3H3. The first kappa shape index (κ1) is 24.6. The minimum Gasteiger partial charge on any atom is -0.872 e. The molecule has 1 atom stereocenters. The zero-order valence-electron chi connectivity index (χ0n) is 20.5. The number of hydrogen-bond donors (Lipinski definition) is 1. The molecular formula is C27H32N2O6. The van der Waals surface area contributed by atoms with Crippen molar-refractivity contribution in [2.45, 2.75) is 26.3 Å². The van der Waals surface area contributed by atoms with Crippen LogP contribution in [0.25, 0.3) is 5.76 Å². The van der Waals surface area contributed by atoms with Crippen LogP contribution in [0, 0.1) is 0 Å². The number of methoxy groups -OCH3 is 1. The van der Waals surface area contributed by atoms with Gasteiger partial charge in [-0.25, -0.2) is 0 Å². The second-order valence-electron chi connectivity index (χ2n) is 8.67. The Morgan fingerprint density at radius 2 is 1.74 bits per heavy atom. The van der Waals surface area contributed by atoms with E-state index in [-0.39, 0.29) is 5.57 Å². The minimum absolute atomic E-state index is 0.0352. The van der Waals surface area contributed by atoms with Crippen LogP contribution >= 0.6 is 0 Å². The maximum atomic E-state index is 13.7. The fourth-order valence-electron chi connectivity index (χ4n) is 4.68. The third-order valence-electron chi connectivity index (χ3n) is 6.69. The number of fused-ring (bicyclic) bond motifs is 1. The third-order valence-corrected chi connectivity index (χ3v) is 6.69. The number of likely N-dealkylation sites (tertiary alicyclic amines) is 1. The van der Waals surface area contributed by atoms with Crippen molar-refractivity contribution in [3.05, 3.63) is 59.2 Å². The summed E-state index contributed by atoms with van der Waals surface area (Å²) in [6.07, 6.45) is 0.730. The van der Waals surface area contributed by atoms with Gasteiger partial charge in [0.05, 0.1) is 32.8 Å². The molecule has 2 aromatic rings. The van der Waals surface area contributed by atoms with Crippen molar-refractivity contribution >= 4 is 17.4 Å². The molecule has 35 heavy (non-hydrogen) atoms. The molecule has 2 heterocycles. The number of nitrogens with one attached hydrogen (secondary N) is 1. The molecule has 1 saturated heterocycles. The molecule has 186 valence electrons. The summed E-state index contributed by atoms with van der Waals surface area (Å²) in [6.45, 7) is 8.33. The Hall–Kier alpha value is -3.52. The van der Waals surface area contributed by atoms with Gasteiger partial charge in [0.1, 0.15) is 19.0 Å². The second-order valence-corrected chi connectivity index (χ2v) is 8.67. The lowest BCUT2D eigenvalue weighted by molar-refractivity contribution is -0.896. The van der Waals surface area contributed by atoms with Gasteiger partial charge in [-0.15, -0.1) is 0 Å². The van der Waals surface area contributed by atoms with Gasteiger partial charge in [-0.1, -0.05) is 24.0 Å².